The lowest BCUT2D eigenvalue weighted by molar-refractivity contribution is -0.122. The first kappa shape index (κ1) is 15.8. The second kappa shape index (κ2) is 8.88. The second-order valence-electron chi connectivity index (χ2n) is 4.41. The summed E-state index contributed by atoms with van der Waals surface area (Å²) in [5.74, 6) is 0.542. The lowest BCUT2D eigenvalue weighted by Crippen LogP contribution is -2.41. The molecule has 3 atom stereocenters. The molecule has 0 heterocycles. The molecule has 2 N–H and O–H groups in total. The summed E-state index contributed by atoms with van der Waals surface area (Å²) >= 11 is 1.58. The molecule has 96 valence electrons. The monoisotopic (exact) mass is 247 g/mol. The summed E-state index contributed by atoms with van der Waals surface area (Å²) in [6, 6.07) is 0.0290. The zero-order chi connectivity index (χ0) is 12.6. The van der Waals surface area contributed by atoms with Crippen LogP contribution in [0.25, 0.3) is 0 Å². The number of aliphatic hydroxyl groups is 1. The van der Waals surface area contributed by atoms with Gasteiger partial charge in [-0.2, -0.15) is 11.8 Å². The van der Waals surface area contributed by atoms with Crippen LogP contribution in [0, 0.1) is 5.92 Å². The molecule has 0 bridgehead atoms. The first-order valence-corrected chi connectivity index (χ1v) is 7.26. The van der Waals surface area contributed by atoms with Gasteiger partial charge in [-0.3, -0.25) is 4.79 Å². The Kier molecular flexibility index (Phi) is 8.76. The zero-order valence-electron chi connectivity index (χ0n) is 10.8. The molecule has 0 aromatic rings. The number of thioether (sulfide) groups is 1. The molecule has 1 amide bonds. The number of hydrogen-bond donors (Lipinski definition) is 2. The van der Waals surface area contributed by atoms with Crippen LogP contribution in [-0.4, -0.2) is 35.2 Å². The van der Waals surface area contributed by atoms with Gasteiger partial charge in [0, 0.05) is 17.7 Å². The van der Waals surface area contributed by atoms with E-state index < -0.39 is 0 Å². The van der Waals surface area contributed by atoms with Crippen LogP contribution in [0.3, 0.4) is 0 Å². The van der Waals surface area contributed by atoms with Crippen molar-refractivity contribution in [2.24, 2.45) is 5.92 Å². The van der Waals surface area contributed by atoms with Crippen molar-refractivity contribution in [1.82, 2.24) is 5.32 Å². The first-order chi connectivity index (χ1) is 7.54. The van der Waals surface area contributed by atoms with Crippen LogP contribution in [0.5, 0.6) is 0 Å². The van der Waals surface area contributed by atoms with Gasteiger partial charge < -0.3 is 10.4 Å². The number of carbonyl (C=O) groups is 1. The topological polar surface area (TPSA) is 49.3 Å². The number of nitrogens with one attached hydrogen (secondary N) is 1. The van der Waals surface area contributed by atoms with E-state index in [-0.39, 0.29) is 23.8 Å². The lowest BCUT2D eigenvalue weighted by Gasteiger charge is -2.22. The van der Waals surface area contributed by atoms with Crippen molar-refractivity contribution in [2.75, 3.05) is 12.9 Å². The van der Waals surface area contributed by atoms with E-state index in [0.29, 0.717) is 12.3 Å². The van der Waals surface area contributed by atoms with Crippen molar-refractivity contribution in [2.45, 2.75) is 51.3 Å². The Labute approximate surface area is 103 Å². The van der Waals surface area contributed by atoms with E-state index in [9.17, 15) is 4.79 Å². The highest BCUT2D eigenvalue weighted by Crippen LogP contribution is 2.12. The Morgan fingerprint density at radius 2 is 2.06 bits per heavy atom. The van der Waals surface area contributed by atoms with Crippen molar-refractivity contribution in [1.29, 1.82) is 0 Å². The van der Waals surface area contributed by atoms with E-state index in [0.717, 1.165) is 12.8 Å². The van der Waals surface area contributed by atoms with Crippen LogP contribution in [-0.2, 0) is 4.79 Å². The predicted octanol–water partition coefficient (Wildman–Crippen LogP) is 2.04. The van der Waals surface area contributed by atoms with Gasteiger partial charge in [0.1, 0.15) is 0 Å². The number of hydrogen-bond acceptors (Lipinski definition) is 3. The maximum Gasteiger partial charge on any atom is 0.220 e. The van der Waals surface area contributed by atoms with E-state index >= 15 is 0 Å². The van der Waals surface area contributed by atoms with Crippen LogP contribution < -0.4 is 5.32 Å². The van der Waals surface area contributed by atoms with E-state index in [4.69, 9.17) is 5.11 Å². The second-order valence-corrected chi connectivity index (χ2v) is 5.49. The van der Waals surface area contributed by atoms with Gasteiger partial charge in [0.25, 0.3) is 0 Å². The smallest absolute Gasteiger partial charge is 0.220 e. The van der Waals surface area contributed by atoms with Crippen molar-refractivity contribution in [3.63, 3.8) is 0 Å². The third kappa shape index (κ3) is 6.38. The van der Waals surface area contributed by atoms with Crippen LogP contribution >= 0.6 is 11.8 Å². The van der Waals surface area contributed by atoms with E-state index in [1.807, 2.05) is 13.2 Å². The van der Waals surface area contributed by atoms with Crippen molar-refractivity contribution < 1.29 is 9.90 Å². The Morgan fingerprint density at radius 1 is 1.44 bits per heavy atom. The molecule has 0 fully saturated rings. The summed E-state index contributed by atoms with van der Waals surface area (Å²) in [5, 5.41) is 12.1. The van der Waals surface area contributed by atoms with Gasteiger partial charge in [0.05, 0.1) is 6.61 Å². The highest BCUT2D eigenvalue weighted by molar-refractivity contribution is 7.99. The quantitative estimate of drug-likeness (QED) is 0.690. The fraction of sp³-hybridized carbons (Fsp3) is 0.917. The minimum absolute atomic E-state index is 0.0290. The molecule has 0 aromatic heterocycles. The summed E-state index contributed by atoms with van der Waals surface area (Å²) in [6.07, 6.45) is 4.75. The molecule has 0 aromatic carbocycles. The average molecular weight is 247 g/mol. The summed E-state index contributed by atoms with van der Waals surface area (Å²) in [7, 11) is 0. The largest absolute Gasteiger partial charge is 0.395 e. The number of amides is 1. The fourth-order valence-electron chi connectivity index (χ4n) is 1.75. The highest BCUT2D eigenvalue weighted by atomic mass is 32.2. The fourth-order valence-corrected chi connectivity index (χ4v) is 2.38. The maximum absolute atomic E-state index is 11.7. The standard InChI is InChI=1S/C12H25NO2S/c1-5-6-9(2)7-12(15)13-10(3)11(8-14)16-4/h9-11,14H,5-8H2,1-4H3,(H,13,15). The molecule has 0 rings (SSSR count). The molecule has 0 aliphatic rings. The van der Waals surface area contributed by atoms with E-state index in [2.05, 4.69) is 19.2 Å². The minimum Gasteiger partial charge on any atom is -0.395 e. The summed E-state index contributed by atoms with van der Waals surface area (Å²) in [4.78, 5) is 11.7. The molecular formula is C12H25NO2S. The SMILES string of the molecule is CCCC(C)CC(=O)NC(C)C(CO)SC. The molecule has 0 saturated heterocycles. The van der Waals surface area contributed by atoms with E-state index in [1.165, 1.54) is 0 Å². The first-order valence-electron chi connectivity index (χ1n) is 5.98. The maximum atomic E-state index is 11.7. The molecule has 3 unspecified atom stereocenters. The molecule has 0 saturated carbocycles. The third-order valence-electron chi connectivity index (χ3n) is 2.74. The van der Waals surface area contributed by atoms with E-state index in [1.54, 1.807) is 11.8 Å². The van der Waals surface area contributed by atoms with Crippen LogP contribution in [0.2, 0.25) is 0 Å². The minimum atomic E-state index is 0.0290. The summed E-state index contributed by atoms with van der Waals surface area (Å²) < 4.78 is 0. The lowest BCUT2D eigenvalue weighted by atomic mass is 10.0. The Bertz CT molecular complexity index is 195. The van der Waals surface area contributed by atoms with Gasteiger partial charge in [0.2, 0.25) is 5.91 Å². The Morgan fingerprint density at radius 3 is 2.50 bits per heavy atom. The molecule has 0 spiro atoms. The zero-order valence-corrected chi connectivity index (χ0v) is 11.6. The van der Waals surface area contributed by atoms with Gasteiger partial charge in [-0.05, 0) is 19.1 Å². The number of carbonyl (C=O) groups excluding carboxylic acids is 1. The molecule has 4 heteroatoms. The number of aliphatic hydroxyl groups excluding tert-OH is 1. The van der Waals surface area contributed by atoms with Crippen molar-refractivity contribution in [3.05, 3.63) is 0 Å². The van der Waals surface area contributed by atoms with Crippen molar-refractivity contribution >= 4 is 17.7 Å². The number of rotatable bonds is 8. The van der Waals surface area contributed by atoms with Gasteiger partial charge in [-0.15, -0.1) is 0 Å². The third-order valence-corrected chi connectivity index (χ3v) is 3.91. The van der Waals surface area contributed by atoms with Crippen LogP contribution in [0.4, 0.5) is 0 Å². The average Bonchev–Trinajstić information content (AvgIpc) is 2.19. The Balaban J connectivity index is 3.94. The highest BCUT2D eigenvalue weighted by Gasteiger charge is 2.18. The normalized spacial score (nSPS) is 16.6. The summed E-state index contributed by atoms with van der Waals surface area (Å²) in [6.45, 7) is 6.28. The Hall–Kier alpha value is -0.220. The van der Waals surface area contributed by atoms with Crippen molar-refractivity contribution in [3.8, 4) is 0 Å². The van der Waals surface area contributed by atoms with Gasteiger partial charge >= 0.3 is 0 Å². The van der Waals surface area contributed by atoms with Gasteiger partial charge in [-0.25, -0.2) is 0 Å². The van der Waals surface area contributed by atoms with Crippen LogP contribution in [0.15, 0.2) is 0 Å². The molecular weight excluding hydrogens is 222 g/mol. The molecule has 0 aliphatic carbocycles. The molecule has 3 nitrogen and oxygen atoms in total. The predicted molar refractivity (Wildman–Crippen MR) is 70.7 cm³/mol. The van der Waals surface area contributed by atoms with Gasteiger partial charge in [-0.1, -0.05) is 26.7 Å². The van der Waals surface area contributed by atoms with Crippen LogP contribution in [0.1, 0.15) is 40.0 Å². The molecule has 16 heavy (non-hydrogen) atoms. The van der Waals surface area contributed by atoms with Gasteiger partial charge in [0.15, 0.2) is 0 Å². The molecule has 0 aliphatic heterocycles. The molecule has 0 radical (unpaired) electrons. The summed E-state index contributed by atoms with van der Waals surface area (Å²) in [5.41, 5.74) is 0.